The number of nitrogens with zero attached hydrogens (tertiary/aromatic N) is 1. The minimum atomic E-state index is -0.154. The van der Waals surface area contributed by atoms with E-state index in [-0.39, 0.29) is 18.6 Å². The minimum Gasteiger partial charge on any atom is -0.483 e. The number of hydrogen-bond acceptors (Lipinski definition) is 5. The van der Waals surface area contributed by atoms with Gasteiger partial charge in [-0.1, -0.05) is 18.2 Å². The van der Waals surface area contributed by atoms with Gasteiger partial charge in [-0.2, -0.15) is 0 Å². The largest absolute Gasteiger partial charge is 0.483 e. The SMILES string of the molecule is CN1CCOC(CNC(=O)COc2ccccc2CN)C1. The first-order chi connectivity index (χ1) is 10.2. The van der Waals surface area contributed by atoms with Crippen LogP contribution in [0.15, 0.2) is 24.3 Å². The molecule has 1 atom stereocenters. The molecule has 1 aromatic rings. The van der Waals surface area contributed by atoms with Gasteiger partial charge in [0.05, 0.1) is 12.7 Å². The Morgan fingerprint density at radius 3 is 3.10 bits per heavy atom. The third-order valence-electron chi connectivity index (χ3n) is 3.42. The Kier molecular flexibility index (Phi) is 5.98. The van der Waals surface area contributed by atoms with Crippen LogP contribution in [0.4, 0.5) is 0 Å². The second-order valence-electron chi connectivity index (χ2n) is 5.16. The molecule has 3 N–H and O–H groups in total. The van der Waals surface area contributed by atoms with E-state index in [0.29, 0.717) is 25.4 Å². The maximum Gasteiger partial charge on any atom is 0.258 e. The lowest BCUT2D eigenvalue weighted by molar-refractivity contribution is -0.124. The first-order valence-electron chi connectivity index (χ1n) is 7.16. The van der Waals surface area contributed by atoms with E-state index in [2.05, 4.69) is 10.2 Å². The van der Waals surface area contributed by atoms with Crippen LogP contribution in [0.25, 0.3) is 0 Å². The van der Waals surface area contributed by atoms with Crippen LogP contribution < -0.4 is 15.8 Å². The third kappa shape index (κ3) is 5.00. The van der Waals surface area contributed by atoms with Crippen molar-refractivity contribution < 1.29 is 14.3 Å². The number of rotatable bonds is 6. The third-order valence-corrected chi connectivity index (χ3v) is 3.42. The van der Waals surface area contributed by atoms with E-state index in [1.165, 1.54) is 0 Å². The van der Waals surface area contributed by atoms with E-state index >= 15 is 0 Å². The van der Waals surface area contributed by atoms with Crippen molar-refractivity contribution in [1.82, 2.24) is 10.2 Å². The Hall–Kier alpha value is -1.63. The molecule has 1 amide bonds. The van der Waals surface area contributed by atoms with Gasteiger partial charge in [0.25, 0.3) is 5.91 Å². The molecule has 0 bridgehead atoms. The molecule has 1 aliphatic heterocycles. The summed E-state index contributed by atoms with van der Waals surface area (Å²) in [5.41, 5.74) is 6.52. The lowest BCUT2D eigenvalue weighted by atomic mass is 10.2. The summed E-state index contributed by atoms with van der Waals surface area (Å²) >= 11 is 0. The number of morpholine rings is 1. The van der Waals surface area contributed by atoms with E-state index in [9.17, 15) is 4.79 Å². The summed E-state index contributed by atoms with van der Waals surface area (Å²) in [6.07, 6.45) is 0.0454. The lowest BCUT2D eigenvalue weighted by Crippen LogP contribution is -2.46. The van der Waals surface area contributed by atoms with E-state index in [1.54, 1.807) is 0 Å². The van der Waals surface area contributed by atoms with E-state index < -0.39 is 0 Å². The van der Waals surface area contributed by atoms with Crippen molar-refractivity contribution in [1.29, 1.82) is 0 Å². The second-order valence-corrected chi connectivity index (χ2v) is 5.16. The van der Waals surface area contributed by atoms with Crippen LogP contribution in [0.1, 0.15) is 5.56 Å². The fourth-order valence-electron chi connectivity index (χ4n) is 2.23. The van der Waals surface area contributed by atoms with Gasteiger partial charge in [-0.05, 0) is 13.1 Å². The van der Waals surface area contributed by atoms with Crippen molar-refractivity contribution in [3.63, 3.8) is 0 Å². The van der Waals surface area contributed by atoms with Gasteiger partial charge in [-0.15, -0.1) is 0 Å². The highest BCUT2D eigenvalue weighted by molar-refractivity contribution is 5.77. The van der Waals surface area contributed by atoms with Crippen LogP contribution in [0.3, 0.4) is 0 Å². The van der Waals surface area contributed by atoms with Crippen molar-refractivity contribution in [2.45, 2.75) is 12.6 Å². The average Bonchev–Trinajstić information content (AvgIpc) is 2.51. The topological polar surface area (TPSA) is 76.8 Å². The Morgan fingerprint density at radius 1 is 1.52 bits per heavy atom. The van der Waals surface area contributed by atoms with Gasteiger partial charge in [0.1, 0.15) is 5.75 Å². The molecule has 1 fully saturated rings. The Balaban J connectivity index is 1.72. The van der Waals surface area contributed by atoms with Gasteiger partial charge in [0.2, 0.25) is 0 Å². The summed E-state index contributed by atoms with van der Waals surface area (Å²) < 4.78 is 11.1. The van der Waals surface area contributed by atoms with Crippen LogP contribution in [-0.2, 0) is 16.1 Å². The van der Waals surface area contributed by atoms with Crippen LogP contribution in [0, 0.1) is 0 Å². The molecule has 1 aromatic carbocycles. The summed E-state index contributed by atoms with van der Waals surface area (Å²) in [4.78, 5) is 14.0. The smallest absolute Gasteiger partial charge is 0.258 e. The fourth-order valence-corrected chi connectivity index (χ4v) is 2.23. The highest BCUT2D eigenvalue weighted by Gasteiger charge is 2.18. The van der Waals surface area contributed by atoms with Crippen molar-refractivity contribution in [3.8, 4) is 5.75 Å². The average molecular weight is 293 g/mol. The van der Waals surface area contributed by atoms with E-state index in [0.717, 1.165) is 18.7 Å². The van der Waals surface area contributed by atoms with Gasteiger partial charge in [0, 0.05) is 31.7 Å². The molecule has 6 heteroatoms. The zero-order valence-electron chi connectivity index (χ0n) is 12.4. The summed E-state index contributed by atoms with van der Waals surface area (Å²) in [7, 11) is 2.05. The molecule has 0 spiro atoms. The quantitative estimate of drug-likeness (QED) is 0.770. The van der Waals surface area contributed by atoms with E-state index in [1.807, 2.05) is 31.3 Å². The van der Waals surface area contributed by atoms with Gasteiger partial charge in [-0.3, -0.25) is 4.79 Å². The Morgan fingerprint density at radius 2 is 2.33 bits per heavy atom. The van der Waals surface area contributed by atoms with Crippen LogP contribution >= 0.6 is 0 Å². The van der Waals surface area contributed by atoms with Gasteiger partial charge >= 0.3 is 0 Å². The monoisotopic (exact) mass is 293 g/mol. The van der Waals surface area contributed by atoms with Crippen molar-refractivity contribution in [3.05, 3.63) is 29.8 Å². The van der Waals surface area contributed by atoms with Gasteiger partial charge in [-0.25, -0.2) is 0 Å². The van der Waals surface area contributed by atoms with Crippen LogP contribution in [0.5, 0.6) is 5.75 Å². The molecule has 21 heavy (non-hydrogen) atoms. The molecule has 1 unspecified atom stereocenters. The number of amides is 1. The highest BCUT2D eigenvalue weighted by atomic mass is 16.5. The predicted octanol–water partition coefficient (Wildman–Crippen LogP) is -0.0291. The molecule has 0 saturated carbocycles. The summed E-state index contributed by atoms with van der Waals surface area (Å²) in [5, 5.41) is 2.83. The number of carbonyl (C=O) groups is 1. The van der Waals surface area contributed by atoms with Gasteiger partial charge in [0.15, 0.2) is 6.61 Å². The van der Waals surface area contributed by atoms with Crippen molar-refractivity contribution in [2.75, 3.05) is 39.9 Å². The number of hydrogen-bond donors (Lipinski definition) is 2. The molecular weight excluding hydrogens is 270 g/mol. The molecule has 116 valence electrons. The summed E-state index contributed by atoms with van der Waals surface area (Å²) in [5.74, 6) is 0.502. The molecule has 1 saturated heterocycles. The zero-order chi connectivity index (χ0) is 15.1. The van der Waals surface area contributed by atoms with E-state index in [4.69, 9.17) is 15.2 Å². The first kappa shape index (κ1) is 15.8. The number of nitrogens with one attached hydrogen (secondary N) is 1. The standard InChI is InChI=1S/C15H23N3O3/c1-18-6-7-20-13(10-18)9-17-15(19)11-21-14-5-3-2-4-12(14)8-16/h2-5,13H,6-11,16H2,1H3,(H,17,19). The zero-order valence-corrected chi connectivity index (χ0v) is 12.4. The van der Waals surface area contributed by atoms with Crippen LogP contribution in [0.2, 0.25) is 0 Å². The van der Waals surface area contributed by atoms with Crippen LogP contribution in [-0.4, -0.2) is 56.8 Å². The number of para-hydroxylation sites is 1. The molecule has 2 rings (SSSR count). The lowest BCUT2D eigenvalue weighted by Gasteiger charge is -2.30. The minimum absolute atomic E-state index is 0.0143. The first-order valence-corrected chi connectivity index (χ1v) is 7.16. The number of likely N-dealkylation sites (N-methyl/N-ethyl adjacent to an activating group) is 1. The van der Waals surface area contributed by atoms with Crippen molar-refractivity contribution >= 4 is 5.91 Å². The maximum absolute atomic E-state index is 11.8. The number of nitrogens with two attached hydrogens (primary N) is 1. The Labute approximate surface area is 125 Å². The molecule has 6 nitrogen and oxygen atoms in total. The number of carbonyl (C=O) groups excluding carboxylic acids is 1. The number of benzene rings is 1. The molecular formula is C15H23N3O3. The molecule has 0 radical (unpaired) electrons. The maximum atomic E-state index is 11.8. The second kappa shape index (κ2) is 7.97. The Bertz CT molecular complexity index is 467. The predicted molar refractivity (Wildman–Crippen MR) is 80.1 cm³/mol. The number of ether oxygens (including phenoxy) is 2. The van der Waals surface area contributed by atoms with Crippen molar-refractivity contribution in [2.24, 2.45) is 5.73 Å². The highest BCUT2D eigenvalue weighted by Crippen LogP contribution is 2.16. The molecule has 1 aliphatic rings. The molecule has 0 aromatic heterocycles. The summed E-state index contributed by atoms with van der Waals surface area (Å²) in [6, 6.07) is 7.46. The van der Waals surface area contributed by atoms with Gasteiger partial charge < -0.3 is 25.4 Å². The summed E-state index contributed by atoms with van der Waals surface area (Å²) in [6.45, 7) is 3.35. The molecule has 1 heterocycles. The normalized spacial score (nSPS) is 19.2. The molecule has 0 aliphatic carbocycles. The fraction of sp³-hybridized carbons (Fsp3) is 0.533.